The fourth-order valence-corrected chi connectivity index (χ4v) is 5.42. The molecule has 0 spiro atoms. The number of hydrogen-bond donors (Lipinski definition) is 0. The summed E-state index contributed by atoms with van der Waals surface area (Å²) in [5, 5.41) is 3.73. The summed E-state index contributed by atoms with van der Waals surface area (Å²) in [5.41, 5.74) is 1.87. The highest BCUT2D eigenvalue weighted by atomic mass is 19.4. The predicted octanol–water partition coefficient (Wildman–Crippen LogP) is 5.69. The van der Waals surface area contributed by atoms with Gasteiger partial charge in [0.2, 0.25) is 0 Å². The van der Waals surface area contributed by atoms with Crippen LogP contribution in [0.15, 0.2) is 48.9 Å². The third-order valence-electron chi connectivity index (χ3n) is 7.25. The maximum atomic E-state index is 14.0. The molecule has 0 fully saturated rings. The number of halogens is 3. The maximum absolute atomic E-state index is 14.0. The van der Waals surface area contributed by atoms with Gasteiger partial charge in [-0.2, -0.15) is 18.3 Å². The monoisotopic (exact) mass is 567 g/mol. The van der Waals surface area contributed by atoms with Crippen molar-refractivity contribution in [2.75, 3.05) is 20.8 Å². The number of carbonyl (C=O) groups excluding carboxylic acids is 1. The van der Waals surface area contributed by atoms with Crippen LogP contribution in [0.2, 0.25) is 0 Å². The van der Waals surface area contributed by atoms with E-state index in [1.807, 2.05) is 36.7 Å². The van der Waals surface area contributed by atoms with E-state index >= 15 is 0 Å². The highest BCUT2D eigenvalue weighted by Crippen LogP contribution is 2.40. The fourth-order valence-electron chi connectivity index (χ4n) is 5.42. The van der Waals surface area contributed by atoms with Gasteiger partial charge in [-0.15, -0.1) is 0 Å². The van der Waals surface area contributed by atoms with Crippen molar-refractivity contribution < 1.29 is 27.4 Å². The molecule has 0 radical (unpaired) electrons. The van der Waals surface area contributed by atoms with Crippen molar-refractivity contribution in [3.63, 3.8) is 0 Å². The lowest BCUT2D eigenvalue weighted by molar-refractivity contribution is -0.140. The average molecular weight is 568 g/mol. The normalized spacial score (nSPS) is 13.6. The van der Waals surface area contributed by atoms with Gasteiger partial charge in [0.1, 0.15) is 17.3 Å². The average Bonchev–Trinajstić information content (AvgIpc) is 3.56. The molecule has 11 heteroatoms. The summed E-state index contributed by atoms with van der Waals surface area (Å²) in [5.74, 6) is 1.96. The Morgan fingerprint density at radius 3 is 2.24 bits per heavy atom. The summed E-state index contributed by atoms with van der Waals surface area (Å²) in [6.45, 7) is 5.05. The molecule has 0 unspecified atom stereocenters. The number of carbonyl (C=O) groups is 1. The Kier molecular flexibility index (Phi) is 7.54. The summed E-state index contributed by atoms with van der Waals surface area (Å²) >= 11 is 0. The van der Waals surface area contributed by atoms with Gasteiger partial charge < -0.3 is 18.9 Å². The van der Waals surface area contributed by atoms with E-state index in [0.29, 0.717) is 59.8 Å². The van der Waals surface area contributed by atoms with E-state index in [9.17, 15) is 18.0 Å². The third kappa shape index (κ3) is 5.66. The van der Waals surface area contributed by atoms with Crippen molar-refractivity contribution >= 4 is 5.91 Å². The second-order valence-electron chi connectivity index (χ2n) is 10.5. The molecule has 0 N–H and O–H groups in total. The number of amides is 1. The summed E-state index contributed by atoms with van der Waals surface area (Å²) in [4.78, 5) is 20.1. The van der Waals surface area contributed by atoms with Crippen LogP contribution in [-0.4, -0.2) is 50.9 Å². The zero-order valence-electron chi connectivity index (χ0n) is 23.6. The first-order valence-corrected chi connectivity index (χ1v) is 13.3. The number of hydrogen-bond acceptors (Lipinski definition) is 5. The molecule has 8 nitrogen and oxygen atoms in total. The van der Waals surface area contributed by atoms with Crippen LogP contribution < -0.4 is 9.47 Å². The van der Waals surface area contributed by atoms with Gasteiger partial charge in [0.25, 0.3) is 5.91 Å². The van der Waals surface area contributed by atoms with E-state index in [-0.39, 0.29) is 17.4 Å². The van der Waals surface area contributed by atoms with Crippen molar-refractivity contribution in [1.82, 2.24) is 24.2 Å². The molecular weight excluding hydrogens is 535 g/mol. The van der Waals surface area contributed by atoms with Crippen molar-refractivity contribution in [2.24, 2.45) is 7.05 Å². The second kappa shape index (κ2) is 10.9. The van der Waals surface area contributed by atoms with Gasteiger partial charge in [0.05, 0.1) is 14.2 Å². The molecule has 0 saturated carbocycles. The molecule has 0 saturated heterocycles. The molecule has 0 bridgehead atoms. The van der Waals surface area contributed by atoms with Crippen LogP contribution in [-0.2, 0) is 32.7 Å². The summed E-state index contributed by atoms with van der Waals surface area (Å²) in [7, 11) is 4.58. The number of fused-ring (bicyclic) bond motifs is 1. The van der Waals surface area contributed by atoms with Gasteiger partial charge in [-0.05, 0) is 52.9 Å². The zero-order valence-corrected chi connectivity index (χ0v) is 23.6. The first-order chi connectivity index (χ1) is 19.5. The van der Waals surface area contributed by atoms with Crippen molar-refractivity contribution in [3.05, 3.63) is 82.7 Å². The molecule has 1 aliphatic heterocycles. The number of rotatable bonds is 8. The molecule has 0 atom stereocenters. The van der Waals surface area contributed by atoms with Crippen LogP contribution in [0.4, 0.5) is 13.2 Å². The molecule has 41 heavy (non-hydrogen) atoms. The number of nitrogens with zero attached hydrogens (tertiary/aromatic N) is 5. The smallest absolute Gasteiger partial charge is 0.435 e. The molecule has 5 rings (SSSR count). The maximum Gasteiger partial charge on any atom is 0.435 e. The number of aromatic nitrogens is 4. The Morgan fingerprint density at radius 1 is 0.951 bits per heavy atom. The van der Waals surface area contributed by atoms with E-state index in [4.69, 9.17) is 9.47 Å². The number of aryl methyl sites for hydroxylation is 1. The minimum Gasteiger partial charge on any atom is -0.497 e. The van der Waals surface area contributed by atoms with Crippen molar-refractivity contribution in [3.8, 4) is 22.6 Å². The Hall–Kier alpha value is -4.28. The second-order valence-corrected chi connectivity index (χ2v) is 10.5. The number of imidazole rings is 1. The van der Waals surface area contributed by atoms with E-state index < -0.39 is 11.9 Å². The molecular formula is C30H32F3N5O3. The van der Waals surface area contributed by atoms with Gasteiger partial charge in [0, 0.05) is 68.4 Å². The first-order valence-electron chi connectivity index (χ1n) is 13.3. The number of methoxy groups -OCH3 is 2. The molecule has 0 aliphatic carbocycles. The number of benzene rings is 2. The molecule has 1 aliphatic rings. The Bertz CT molecular complexity index is 1570. The lowest BCUT2D eigenvalue weighted by atomic mass is 9.88. The van der Waals surface area contributed by atoms with Crippen LogP contribution in [0.25, 0.3) is 11.1 Å². The number of ether oxygens (including phenoxy) is 2. The molecule has 1 amide bonds. The summed E-state index contributed by atoms with van der Waals surface area (Å²) in [6, 6.07) is 8.98. The molecule has 4 aromatic rings. The Labute approximate surface area is 236 Å². The van der Waals surface area contributed by atoms with E-state index in [2.05, 4.69) is 10.1 Å². The molecule has 2 aromatic carbocycles. The third-order valence-corrected chi connectivity index (χ3v) is 7.25. The van der Waals surface area contributed by atoms with E-state index in [1.54, 1.807) is 43.5 Å². The van der Waals surface area contributed by atoms with Gasteiger partial charge in [0.15, 0.2) is 5.69 Å². The van der Waals surface area contributed by atoms with Crippen LogP contribution in [0, 0.1) is 0 Å². The summed E-state index contributed by atoms with van der Waals surface area (Å²) < 4.78 is 56.0. The summed E-state index contributed by atoms with van der Waals surface area (Å²) in [6.07, 6.45) is 0.659. The van der Waals surface area contributed by atoms with Crippen molar-refractivity contribution in [2.45, 2.75) is 45.5 Å². The standard InChI is InChI=1S/C30H32F3N5O3/c1-18(2)28-34-7-9-37(28)15-20-12-24(26-17-36(3)35-27(26)30(31,32)33)23-6-8-38(29(39)25(23)13-20)16-19-10-21(40-4)14-22(11-19)41-5/h7,9-14,17-18H,6,8,15-16H2,1-5H3. The van der Waals surface area contributed by atoms with Gasteiger partial charge >= 0.3 is 6.18 Å². The highest BCUT2D eigenvalue weighted by molar-refractivity contribution is 5.99. The Balaban J connectivity index is 1.60. The first kappa shape index (κ1) is 28.3. The molecule has 3 heterocycles. The lowest BCUT2D eigenvalue weighted by Gasteiger charge is -2.31. The van der Waals surface area contributed by atoms with Crippen LogP contribution in [0.5, 0.6) is 11.5 Å². The minimum absolute atomic E-state index is 0.0356. The highest BCUT2D eigenvalue weighted by Gasteiger charge is 2.39. The van der Waals surface area contributed by atoms with Crippen molar-refractivity contribution in [1.29, 1.82) is 0 Å². The van der Waals surface area contributed by atoms with Crippen LogP contribution in [0.1, 0.15) is 58.3 Å². The van der Waals surface area contributed by atoms with E-state index in [1.165, 1.54) is 13.2 Å². The minimum atomic E-state index is -4.65. The van der Waals surface area contributed by atoms with Crippen LogP contribution >= 0.6 is 0 Å². The SMILES string of the molecule is COc1cc(CN2CCc3c(cc(Cn4ccnc4C(C)C)cc3-c3cn(C)nc3C(F)(F)F)C2=O)cc(OC)c1. The van der Waals surface area contributed by atoms with Gasteiger partial charge in [-0.3, -0.25) is 9.48 Å². The predicted molar refractivity (Wildman–Crippen MR) is 147 cm³/mol. The topological polar surface area (TPSA) is 74.4 Å². The zero-order chi connectivity index (χ0) is 29.5. The van der Waals surface area contributed by atoms with Crippen LogP contribution in [0.3, 0.4) is 0 Å². The van der Waals surface area contributed by atoms with E-state index in [0.717, 1.165) is 16.1 Å². The fraction of sp³-hybridized carbons (Fsp3) is 0.367. The largest absolute Gasteiger partial charge is 0.497 e. The van der Waals surface area contributed by atoms with Gasteiger partial charge in [-0.1, -0.05) is 13.8 Å². The molecule has 2 aromatic heterocycles. The quantitative estimate of drug-likeness (QED) is 0.274. The lowest BCUT2D eigenvalue weighted by Crippen LogP contribution is -2.37. The number of alkyl halides is 3. The molecule has 216 valence electrons. The Morgan fingerprint density at radius 2 is 1.61 bits per heavy atom. The van der Waals surface area contributed by atoms with Gasteiger partial charge in [-0.25, -0.2) is 4.98 Å².